The number of benzene rings is 1. The van der Waals surface area contributed by atoms with Crippen molar-refractivity contribution >= 4 is 5.82 Å². The molecule has 6 heteroatoms. The number of hydrogen-bond donors (Lipinski definition) is 2. The highest BCUT2D eigenvalue weighted by atomic mass is 19.1. The molecule has 5 nitrogen and oxygen atoms in total. The third kappa shape index (κ3) is 3.09. The first-order chi connectivity index (χ1) is 11.5. The van der Waals surface area contributed by atoms with Gasteiger partial charge >= 0.3 is 0 Å². The Bertz CT molecular complexity index is 870. The van der Waals surface area contributed by atoms with Crippen molar-refractivity contribution in [2.75, 3.05) is 5.73 Å². The van der Waals surface area contributed by atoms with Gasteiger partial charge in [0.25, 0.3) is 0 Å². The molecule has 0 spiro atoms. The van der Waals surface area contributed by atoms with Gasteiger partial charge in [-0.3, -0.25) is 4.98 Å². The van der Waals surface area contributed by atoms with Crippen LogP contribution < -0.4 is 11.5 Å². The fourth-order valence-electron chi connectivity index (χ4n) is 2.61. The molecule has 0 bridgehead atoms. The molecule has 122 valence electrons. The second-order valence-electron chi connectivity index (χ2n) is 5.60. The molecular formula is C18H18FN5. The Labute approximate surface area is 139 Å². The van der Waals surface area contributed by atoms with Gasteiger partial charge in [0.1, 0.15) is 11.6 Å². The van der Waals surface area contributed by atoms with Crippen molar-refractivity contribution in [3.05, 3.63) is 59.3 Å². The smallest absolute Gasteiger partial charge is 0.147 e. The van der Waals surface area contributed by atoms with Gasteiger partial charge in [0.05, 0.1) is 17.1 Å². The molecular weight excluding hydrogens is 305 g/mol. The third-order valence-electron chi connectivity index (χ3n) is 3.66. The molecule has 0 atom stereocenters. The van der Waals surface area contributed by atoms with E-state index in [1.807, 2.05) is 26.0 Å². The average Bonchev–Trinajstić information content (AvgIpc) is 2.54. The van der Waals surface area contributed by atoms with Crippen LogP contribution in [0.2, 0.25) is 0 Å². The Kier molecular flexibility index (Phi) is 4.22. The highest BCUT2D eigenvalue weighted by molar-refractivity contribution is 5.79. The number of hydrogen-bond acceptors (Lipinski definition) is 5. The summed E-state index contributed by atoms with van der Waals surface area (Å²) in [6.45, 7) is 4.03. The number of nitrogens with zero attached hydrogens (tertiary/aromatic N) is 3. The zero-order valence-electron chi connectivity index (χ0n) is 13.5. The van der Waals surface area contributed by atoms with Gasteiger partial charge in [0, 0.05) is 29.1 Å². The number of nitrogens with two attached hydrogens (primary N) is 2. The van der Waals surface area contributed by atoms with Crippen LogP contribution in [0.15, 0.2) is 36.4 Å². The third-order valence-corrected chi connectivity index (χ3v) is 3.66. The molecule has 0 amide bonds. The van der Waals surface area contributed by atoms with E-state index in [9.17, 15) is 4.39 Å². The summed E-state index contributed by atoms with van der Waals surface area (Å²) in [6, 6.07) is 9.95. The molecule has 24 heavy (non-hydrogen) atoms. The van der Waals surface area contributed by atoms with Crippen LogP contribution in [0, 0.1) is 19.7 Å². The number of pyridine rings is 1. The first-order valence-electron chi connectivity index (χ1n) is 7.56. The number of anilines is 1. The van der Waals surface area contributed by atoms with Crippen LogP contribution in [0.25, 0.3) is 22.5 Å². The van der Waals surface area contributed by atoms with Crippen molar-refractivity contribution in [2.24, 2.45) is 5.73 Å². The molecule has 3 rings (SSSR count). The first-order valence-corrected chi connectivity index (χ1v) is 7.56. The molecule has 0 saturated heterocycles. The Morgan fingerprint density at radius 1 is 0.875 bits per heavy atom. The average molecular weight is 323 g/mol. The predicted molar refractivity (Wildman–Crippen MR) is 92.4 cm³/mol. The minimum atomic E-state index is -0.310. The van der Waals surface area contributed by atoms with Gasteiger partial charge in [-0.05, 0) is 50.2 Å². The first kappa shape index (κ1) is 16.0. The zero-order chi connectivity index (χ0) is 17.3. The van der Waals surface area contributed by atoms with Crippen LogP contribution >= 0.6 is 0 Å². The van der Waals surface area contributed by atoms with E-state index >= 15 is 0 Å². The molecule has 0 unspecified atom stereocenters. The molecule has 0 aliphatic carbocycles. The number of nitrogen functional groups attached to an aromatic ring is 1. The van der Waals surface area contributed by atoms with Gasteiger partial charge in [-0.1, -0.05) is 0 Å². The summed E-state index contributed by atoms with van der Waals surface area (Å²) in [6.07, 6.45) is 0. The number of aromatic nitrogens is 3. The van der Waals surface area contributed by atoms with Gasteiger partial charge in [0.2, 0.25) is 0 Å². The lowest BCUT2D eigenvalue weighted by Crippen LogP contribution is -2.09. The standard InChI is InChI=1S/C18H18FN5/c1-10-7-13(8-11(2)22-10)17-16(12-3-5-14(19)6-4-12)24-18(21)15(9-20)23-17/h3-8H,9,20H2,1-2H3,(H2,21,24). The van der Waals surface area contributed by atoms with Crippen molar-refractivity contribution in [3.63, 3.8) is 0 Å². The SMILES string of the molecule is Cc1cc(-c2nc(CN)c(N)nc2-c2ccc(F)cc2)cc(C)n1. The van der Waals surface area contributed by atoms with E-state index < -0.39 is 0 Å². The molecule has 1 aromatic carbocycles. The summed E-state index contributed by atoms with van der Waals surface area (Å²) in [7, 11) is 0. The Morgan fingerprint density at radius 2 is 1.46 bits per heavy atom. The minimum absolute atomic E-state index is 0.193. The highest BCUT2D eigenvalue weighted by Crippen LogP contribution is 2.31. The summed E-state index contributed by atoms with van der Waals surface area (Å²) in [4.78, 5) is 13.5. The van der Waals surface area contributed by atoms with E-state index in [0.717, 1.165) is 22.5 Å². The quantitative estimate of drug-likeness (QED) is 0.773. The van der Waals surface area contributed by atoms with Crippen molar-refractivity contribution in [2.45, 2.75) is 20.4 Å². The van der Waals surface area contributed by atoms with Crippen molar-refractivity contribution in [1.29, 1.82) is 0 Å². The second kappa shape index (κ2) is 6.33. The second-order valence-corrected chi connectivity index (χ2v) is 5.60. The zero-order valence-corrected chi connectivity index (χ0v) is 13.5. The maximum Gasteiger partial charge on any atom is 0.147 e. The largest absolute Gasteiger partial charge is 0.382 e. The van der Waals surface area contributed by atoms with Gasteiger partial charge in [-0.15, -0.1) is 0 Å². The van der Waals surface area contributed by atoms with Crippen LogP contribution in [0.3, 0.4) is 0 Å². The maximum atomic E-state index is 13.2. The van der Waals surface area contributed by atoms with Gasteiger partial charge < -0.3 is 11.5 Å². The van der Waals surface area contributed by atoms with E-state index in [2.05, 4.69) is 15.0 Å². The Balaban J connectivity index is 2.27. The van der Waals surface area contributed by atoms with Crippen molar-refractivity contribution < 1.29 is 4.39 Å². The summed E-state index contributed by atoms with van der Waals surface area (Å²) in [5.41, 5.74) is 16.8. The van der Waals surface area contributed by atoms with E-state index in [-0.39, 0.29) is 18.2 Å². The maximum absolute atomic E-state index is 13.2. The molecule has 0 radical (unpaired) electrons. The molecule has 0 aliphatic heterocycles. The number of aryl methyl sites for hydroxylation is 2. The molecule has 4 N–H and O–H groups in total. The fraction of sp³-hybridized carbons (Fsp3) is 0.167. The molecule has 0 saturated carbocycles. The van der Waals surface area contributed by atoms with Crippen LogP contribution in [-0.2, 0) is 6.54 Å². The summed E-state index contributed by atoms with van der Waals surface area (Å²) >= 11 is 0. The van der Waals surface area contributed by atoms with Crippen LogP contribution in [-0.4, -0.2) is 15.0 Å². The normalized spacial score (nSPS) is 10.8. The van der Waals surface area contributed by atoms with E-state index in [1.165, 1.54) is 12.1 Å². The van der Waals surface area contributed by atoms with E-state index in [0.29, 0.717) is 17.1 Å². The minimum Gasteiger partial charge on any atom is -0.382 e. The lowest BCUT2D eigenvalue weighted by molar-refractivity contribution is 0.628. The monoisotopic (exact) mass is 323 g/mol. The van der Waals surface area contributed by atoms with Crippen molar-refractivity contribution in [3.8, 4) is 22.5 Å². The van der Waals surface area contributed by atoms with Gasteiger partial charge in [-0.25, -0.2) is 14.4 Å². The Morgan fingerprint density at radius 3 is 2.04 bits per heavy atom. The molecule has 0 aliphatic rings. The topological polar surface area (TPSA) is 90.7 Å². The molecule has 2 aromatic heterocycles. The van der Waals surface area contributed by atoms with Crippen LogP contribution in [0.4, 0.5) is 10.2 Å². The van der Waals surface area contributed by atoms with Gasteiger partial charge in [-0.2, -0.15) is 0 Å². The molecule has 2 heterocycles. The van der Waals surface area contributed by atoms with E-state index in [4.69, 9.17) is 11.5 Å². The summed E-state index contributed by atoms with van der Waals surface area (Å²) in [5.74, 6) is -0.0292. The Hall–Kier alpha value is -2.86. The van der Waals surface area contributed by atoms with E-state index in [1.54, 1.807) is 12.1 Å². The summed E-state index contributed by atoms with van der Waals surface area (Å²) < 4.78 is 13.2. The highest BCUT2D eigenvalue weighted by Gasteiger charge is 2.16. The van der Waals surface area contributed by atoms with Gasteiger partial charge in [0.15, 0.2) is 0 Å². The summed E-state index contributed by atoms with van der Waals surface area (Å²) in [5, 5.41) is 0. The predicted octanol–water partition coefficient (Wildman–Crippen LogP) is 3.00. The lowest BCUT2D eigenvalue weighted by atomic mass is 10.0. The number of rotatable bonds is 3. The molecule has 0 fully saturated rings. The van der Waals surface area contributed by atoms with Crippen LogP contribution in [0.5, 0.6) is 0 Å². The van der Waals surface area contributed by atoms with Crippen LogP contribution in [0.1, 0.15) is 17.1 Å². The fourth-order valence-corrected chi connectivity index (χ4v) is 2.61. The van der Waals surface area contributed by atoms with Crippen molar-refractivity contribution in [1.82, 2.24) is 15.0 Å². The lowest BCUT2D eigenvalue weighted by Gasteiger charge is -2.13. The molecule has 3 aromatic rings. The number of halogens is 1.